The minimum atomic E-state index is 0.969. The zero-order chi connectivity index (χ0) is 11.4. The van der Waals surface area contributed by atoms with Crippen LogP contribution in [-0.2, 0) is 6.42 Å². The summed E-state index contributed by atoms with van der Waals surface area (Å²) in [5.41, 5.74) is 2.28. The Morgan fingerprint density at radius 2 is 1.75 bits per heavy atom. The maximum Gasteiger partial charge on any atom is 0.132 e. The third-order valence-corrected chi connectivity index (χ3v) is 2.64. The van der Waals surface area contributed by atoms with Crippen molar-refractivity contribution in [3.8, 4) is 0 Å². The zero-order valence-corrected chi connectivity index (χ0v) is 9.72. The van der Waals surface area contributed by atoms with Crippen molar-refractivity contribution in [1.82, 2.24) is 4.98 Å². The molecule has 2 rings (SSSR count). The first-order valence-electron chi connectivity index (χ1n) is 5.56. The molecule has 0 bridgehead atoms. The Balaban J connectivity index is 2.30. The van der Waals surface area contributed by atoms with Crippen molar-refractivity contribution >= 4 is 11.5 Å². The van der Waals surface area contributed by atoms with Crippen LogP contribution in [0, 0.1) is 0 Å². The number of rotatable bonds is 3. The summed E-state index contributed by atoms with van der Waals surface area (Å²) in [6.07, 6.45) is 0.969. The molecule has 0 amide bonds. The number of hydrogen-bond donors (Lipinski definition) is 0. The highest BCUT2D eigenvalue weighted by atomic mass is 15.2. The van der Waals surface area contributed by atoms with E-state index in [2.05, 4.69) is 41.1 Å². The van der Waals surface area contributed by atoms with Crippen molar-refractivity contribution in [3.63, 3.8) is 0 Å². The SMILES string of the molecule is CCc1cccc(N(C)c2ccccc2)n1. The van der Waals surface area contributed by atoms with Gasteiger partial charge in [0.05, 0.1) is 0 Å². The summed E-state index contributed by atoms with van der Waals surface area (Å²) in [7, 11) is 2.04. The van der Waals surface area contributed by atoms with Crippen molar-refractivity contribution in [2.75, 3.05) is 11.9 Å². The van der Waals surface area contributed by atoms with Crippen molar-refractivity contribution in [2.24, 2.45) is 0 Å². The second-order valence-electron chi connectivity index (χ2n) is 3.74. The summed E-state index contributed by atoms with van der Waals surface area (Å²) >= 11 is 0. The Morgan fingerprint density at radius 3 is 2.44 bits per heavy atom. The highest BCUT2D eigenvalue weighted by Crippen LogP contribution is 2.20. The Morgan fingerprint density at radius 1 is 1.00 bits per heavy atom. The summed E-state index contributed by atoms with van der Waals surface area (Å²) in [5.74, 6) is 0.991. The summed E-state index contributed by atoms with van der Waals surface area (Å²) in [5, 5.41) is 0. The van der Waals surface area contributed by atoms with Gasteiger partial charge in [0.1, 0.15) is 5.82 Å². The lowest BCUT2D eigenvalue weighted by molar-refractivity contribution is 1.01. The van der Waals surface area contributed by atoms with Crippen LogP contribution in [0.5, 0.6) is 0 Å². The number of nitrogens with zero attached hydrogens (tertiary/aromatic N) is 2. The lowest BCUT2D eigenvalue weighted by Gasteiger charge is -2.18. The van der Waals surface area contributed by atoms with E-state index >= 15 is 0 Å². The van der Waals surface area contributed by atoms with Gasteiger partial charge < -0.3 is 4.90 Å². The van der Waals surface area contributed by atoms with Gasteiger partial charge in [0.2, 0.25) is 0 Å². The third-order valence-electron chi connectivity index (χ3n) is 2.64. The predicted octanol–water partition coefficient (Wildman–Crippen LogP) is 3.41. The second kappa shape index (κ2) is 4.79. The summed E-state index contributed by atoms with van der Waals surface area (Å²) in [6, 6.07) is 16.4. The van der Waals surface area contributed by atoms with Gasteiger partial charge in [-0.3, -0.25) is 0 Å². The Hall–Kier alpha value is -1.83. The van der Waals surface area contributed by atoms with Crippen LogP contribution < -0.4 is 4.90 Å². The quantitative estimate of drug-likeness (QED) is 0.775. The molecule has 2 aromatic rings. The second-order valence-corrected chi connectivity index (χ2v) is 3.74. The predicted molar refractivity (Wildman–Crippen MR) is 68.1 cm³/mol. The summed E-state index contributed by atoms with van der Waals surface area (Å²) < 4.78 is 0. The molecule has 0 saturated heterocycles. The highest BCUT2D eigenvalue weighted by molar-refractivity contribution is 5.58. The topological polar surface area (TPSA) is 16.1 Å². The number of aromatic nitrogens is 1. The number of anilines is 2. The molecule has 0 aliphatic heterocycles. The van der Waals surface area contributed by atoms with Gasteiger partial charge in [0.25, 0.3) is 0 Å². The first-order chi connectivity index (χ1) is 7.81. The van der Waals surface area contributed by atoms with Crippen LogP contribution in [-0.4, -0.2) is 12.0 Å². The number of aryl methyl sites for hydroxylation is 1. The number of benzene rings is 1. The first kappa shape index (κ1) is 10.7. The fourth-order valence-corrected chi connectivity index (χ4v) is 1.63. The monoisotopic (exact) mass is 212 g/mol. The zero-order valence-electron chi connectivity index (χ0n) is 9.72. The molecule has 1 heterocycles. The maximum absolute atomic E-state index is 4.59. The van der Waals surface area contributed by atoms with E-state index < -0.39 is 0 Å². The summed E-state index contributed by atoms with van der Waals surface area (Å²) in [6.45, 7) is 2.12. The Kier molecular flexibility index (Phi) is 3.20. The van der Waals surface area contributed by atoms with E-state index in [1.807, 2.05) is 31.3 Å². The molecule has 0 aliphatic rings. The van der Waals surface area contributed by atoms with Crippen LogP contribution in [0.25, 0.3) is 0 Å². The fourth-order valence-electron chi connectivity index (χ4n) is 1.63. The van der Waals surface area contributed by atoms with Crippen LogP contribution in [0.3, 0.4) is 0 Å². The van der Waals surface area contributed by atoms with E-state index in [1.165, 1.54) is 0 Å². The lowest BCUT2D eigenvalue weighted by atomic mass is 10.2. The largest absolute Gasteiger partial charge is 0.329 e. The standard InChI is InChI=1S/C14H16N2/c1-3-12-8-7-11-14(15-12)16(2)13-9-5-4-6-10-13/h4-11H,3H2,1-2H3. The van der Waals surface area contributed by atoms with Gasteiger partial charge in [-0.1, -0.05) is 31.2 Å². The minimum absolute atomic E-state index is 0.969. The molecule has 82 valence electrons. The van der Waals surface area contributed by atoms with Crippen LogP contribution >= 0.6 is 0 Å². The molecule has 0 fully saturated rings. The average molecular weight is 212 g/mol. The summed E-state index contributed by atoms with van der Waals surface area (Å²) in [4.78, 5) is 6.69. The Bertz CT molecular complexity index is 451. The molecular weight excluding hydrogens is 196 g/mol. The van der Waals surface area contributed by atoms with E-state index in [1.54, 1.807) is 0 Å². The van der Waals surface area contributed by atoms with Crippen molar-refractivity contribution in [3.05, 3.63) is 54.2 Å². The molecule has 16 heavy (non-hydrogen) atoms. The molecule has 0 atom stereocenters. The fraction of sp³-hybridized carbons (Fsp3) is 0.214. The van der Waals surface area contributed by atoms with E-state index in [0.29, 0.717) is 0 Å². The first-order valence-corrected chi connectivity index (χ1v) is 5.56. The van der Waals surface area contributed by atoms with Gasteiger partial charge in [-0.2, -0.15) is 0 Å². The van der Waals surface area contributed by atoms with Gasteiger partial charge in [0.15, 0.2) is 0 Å². The molecule has 2 heteroatoms. The molecule has 1 aromatic carbocycles. The van der Waals surface area contributed by atoms with Gasteiger partial charge in [-0.05, 0) is 30.7 Å². The molecule has 0 unspecified atom stereocenters. The normalized spacial score (nSPS) is 10.1. The molecule has 2 nitrogen and oxygen atoms in total. The molecule has 0 aliphatic carbocycles. The average Bonchev–Trinajstić information content (AvgIpc) is 2.39. The minimum Gasteiger partial charge on any atom is -0.329 e. The van der Waals surface area contributed by atoms with Gasteiger partial charge in [-0.15, -0.1) is 0 Å². The van der Waals surface area contributed by atoms with Crippen LogP contribution in [0.15, 0.2) is 48.5 Å². The molecule has 0 N–H and O–H groups in total. The van der Waals surface area contributed by atoms with E-state index in [9.17, 15) is 0 Å². The van der Waals surface area contributed by atoms with Gasteiger partial charge >= 0.3 is 0 Å². The van der Waals surface area contributed by atoms with Crippen molar-refractivity contribution in [2.45, 2.75) is 13.3 Å². The van der Waals surface area contributed by atoms with E-state index in [0.717, 1.165) is 23.6 Å². The van der Waals surface area contributed by atoms with Gasteiger partial charge in [0, 0.05) is 18.4 Å². The van der Waals surface area contributed by atoms with Crippen molar-refractivity contribution < 1.29 is 0 Å². The number of hydrogen-bond acceptors (Lipinski definition) is 2. The highest BCUT2D eigenvalue weighted by Gasteiger charge is 2.04. The van der Waals surface area contributed by atoms with Gasteiger partial charge in [-0.25, -0.2) is 4.98 Å². The van der Waals surface area contributed by atoms with Crippen LogP contribution in [0.2, 0.25) is 0 Å². The molecule has 1 aromatic heterocycles. The van der Waals surface area contributed by atoms with Crippen LogP contribution in [0.4, 0.5) is 11.5 Å². The Labute approximate surface area is 96.6 Å². The van der Waals surface area contributed by atoms with E-state index in [-0.39, 0.29) is 0 Å². The molecular formula is C14H16N2. The van der Waals surface area contributed by atoms with Crippen LogP contribution in [0.1, 0.15) is 12.6 Å². The smallest absolute Gasteiger partial charge is 0.132 e. The number of para-hydroxylation sites is 1. The molecule has 0 radical (unpaired) electrons. The molecule has 0 spiro atoms. The lowest BCUT2D eigenvalue weighted by Crippen LogP contribution is -2.11. The number of pyridine rings is 1. The van der Waals surface area contributed by atoms with E-state index in [4.69, 9.17) is 0 Å². The molecule has 0 saturated carbocycles. The maximum atomic E-state index is 4.59. The third kappa shape index (κ3) is 2.22. The van der Waals surface area contributed by atoms with Crippen molar-refractivity contribution in [1.29, 1.82) is 0 Å².